The fraction of sp³-hybridized carbons (Fsp3) is 0.500. The lowest BCUT2D eigenvalue weighted by molar-refractivity contribution is 0.0341. The Hall–Kier alpha value is -1.83. The smallest absolute Gasteiger partial charge is 0.407 e. The van der Waals surface area contributed by atoms with Crippen LogP contribution in [-0.4, -0.2) is 58.2 Å². The van der Waals surface area contributed by atoms with Crippen molar-refractivity contribution >= 4 is 81.5 Å². The first-order valence-corrected chi connectivity index (χ1v) is 12.3. The SMILES string of the molecule is CC1(C)COB(c2c(F)c3c4nsnc4c(B4OCC(C)(C)CO4)c(F)c3c3nsnc23)OC1. The highest BCUT2D eigenvalue weighted by molar-refractivity contribution is 7.00. The highest BCUT2D eigenvalue weighted by Gasteiger charge is 2.42. The van der Waals surface area contributed by atoms with Crippen LogP contribution in [0.3, 0.4) is 0 Å². The van der Waals surface area contributed by atoms with E-state index < -0.39 is 25.9 Å². The minimum absolute atomic E-state index is 0.0200. The summed E-state index contributed by atoms with van der Waals surface area (Å²) in [6.45, 7) is 9.50. The van der Waals surface area contributed by atoms with Gasteiger partial charge in [-0.05, 0) is 0 Å². The first-order valence-electron chi connectivity index (χ1n) is 10.8. The predicted octanol–water partition coefficient (Wildman–Crippen LogP) is 2.66. The summed E-state index contributed by atoms with van der Waals surface area (Å²) in [6.07, 6.45) is 0. The molecule has 2 aliphatic rings. The van der Waals surface area contributed by atoms with Crippen LogP contribution in [0.5, 0.6) is 0 Å². The zero-order valence-electron chi connectivity index (χ0n) is 19.0. The van der Waals surface area contributed by atoms with Gasteiger partial charge in [0, 0.05) is 48.2 Å². The average molecular weight is 504 g/mol. The van der Waals surface area contributed by atoms with Crippen molar-refractivity contribution in [3.63, 3.8) is 0 Å². The number of benzene rings is 2. The van der Waals surface area contributed by atoms with Crippen LogP contribution in [0, 0.1) is 22.5 Å². The van der Waals surface area contributed by atoms with E-state index in [9.17, 15) is 0 Å². The van der Waals surface area contributed by atoms with Crippen LogP contribution in [-0.2, 0) is 18.6 Å². The third-order valence-electron chi connectivity index (χ3n) is 6.10. The number of fused-ring (bicyclic) bond motifs is 5. The van der Waals surface area contributed by atoms with Gasteiger partial charge >= 0.3 is 14.2 Å². The summed E-state index contributed by atoms with van der Waals surface area (Å²) >= 11 is 1.74. The quantitative estimate of drug-likeness (QED) is 0.386. The molecule has 4 heterocycles. The number of aromatic nitrogens is 4. The van der Waals surface area contributed by atoms with E-state index in [1.54, 1.807) is 0 Å². The number of rotatable bonds is 2. The second kappa shape index (κ2) is 7.84. The van der Waals surface area contributed by atoms with Gasteiger partial charge in [-0.15, -0.1) is 0 Å². The van der Waals surface area contributed by atoms with Crippen LogP contribution in [0.4, 0.5) is 8.78 Å². The molecule has 0 amide bonds. The lowest BCUT2D eigenvalue weighted by Gasteiger charge is -2.33. The zero-order chi connectivity index (χ0) is 23.8. The van der Waals surface area contributed by atoms with Crippen molar-refractivity contribution in [3.05, 3.63) is 11.6 Å². The van der Waals surface area contributed by atoms with E-state index in [1.807, 2.05) is 27.7 Å². The Balaban J connectivity index is 1.60. The molecule has 2 aliphatic heterocycles. The van der Waals surface area contributed by atoms with Crippen molar-refractivity contribution < 1.29 is 27.4 Å². The van der Waals surface area contributed by atoms with Crippen molar-refractivity contribution in [2.75, 3.05) is 26.4 Å². The lowest BCUT2D eigenvalue weighted by atomic mass is 9.71. The summed E-state index contributed by atoms with van der Waals surface area (Å²) in [5.74, 6) is -1.40. The molecule has 0 radical (unpaired) electrons. The van der Waals surface area contributed by atoms with Crippen LogP contribution in [0.15, 0.2) is 0 Å². The van der Waals surface area contributed by atoms with Gasteiger partial charge in [-0.2, -0.15) is 17.5 Å². The van der Waals surface area contributed by atoms with Crippen LogP contribution in [0.2, 0.25) is 0 Å². The number of nitrogens with zero attached hydrogens (tertiary/aromatic N) is 4. The summed E-state index contributed by atoms with van der Waals surface area (Å²) in [5.41, 5.74) is 0.643. The highest BCUT2D eigenvalue weighted by atomic mass is 32.1. The highest BCUT2D eigenvalue weighted by Crippen LogP contribution is 2.35. The van der Waals surface area contributed by atoms with Gasteiger partial charge in [0.1, 0.15) is 33.7 Å². The van der Waals surface area contributed by atoms with E-state index in [0.29, 0.717) is 26.4 Å². The van der Waals surface area contributed by atoms with Gasteiger partial charge in [0.05, 0.1) is 34.2 Å². The molecule has 0 saturated carbocycles. The fourth-order valence-corrected chi connectivity index (χ4v) is 5.48. The van der Waals surface area contributed by atoms with E-state index in [1.165, 1.54) is 0 Å². The van der Waals surface area contributed by atoms with Crippen LogP contribution in [0.25, 0.3) is 32.8 Å². The van der Waals surface area contributed by atoms with E-state index in [0.717, 1.165) is 23.5 Å². The van der Waals surface area contributed by atoms with Gasteiger partial charge in [0.15, 0.2) is 0 Å². The minimum atomic E-state index is -0.986. The molecular weight excluding hydrogens is 484 g/mol. The molecule has 8 nitrogen and oxygen atoms in total. The zero-order valence-corrected chi connectivity index (χ0v) is 20.6. The largest absolute Gasteiger partial charge is 0.499 e. The maximum atomic E-state index is 16.2. The van der Waals surface area contributed by atoms with Crippen molar-refractivity contribution in [1.29, 1.82) is 0 Å². The summed E-state index contributed by atoms with van der Waals surface area (Å²) in [7, 11) is -1.97. The Morgan fingerprint density at radius 3 is 1.29 bits per heavy atom. The van der Waals surface area contributed by atoms with Gasteiger partial charge in [0.2, 0.25) is 0 Å². The molecule has 0 spiro atoms. The Kier molecular flexibility index (Phi) is 5.21. The second-order valence-corrected chi connectivity index (χ2v) is 11.4. The molecule has 2 aromatic heterocycles. The van der Waals surface area contributed by atoms with Crippen molar-refractivity contribution in [2.24, 2.45) is 10.8 Å². The maximum absolute atomic E-state index is 16.2. The topological polar surface area (TPSA) is 88.5 Å². The molecule has 176 valence electrons. The molecular formula is C20H20B2F2N4O4S2. The first-order chi connectivity index (χ1) is 16.2. The third kappa shape index (κ3) is 3.46. The molecule has 2 aromatic carbocycles. The fourth-order valence-electron chi connectivity index (χ4n) is 4.35. The Morgan fingerprint density at radius 1 is 0.618 bits per heavy atom. The predicted molar refractivity (Wildman–Crippen MR) is 128 cm³/mol. The monoisotopic (exact) mass is 504 g/mol. The average Bonchev–Trinajstić information content (AvgIpc) is 3.45. The molecule has 0 unspecified atom stereocenters. The van der Waals surface area contributed by atoms with Gasteiger partial charge < -0.3 is 18.6 Å². The number of hydrogen-bond acceptors (Lipinski definition) is 10. The normalized spacial score (nSPS) is 20.6. The number of hydrogen-bond donors (Lipinski definition) is 0. The van der Waals surface area contributed by atoms with Crippen molar-refractivity contribution in [3.8, 4) is 0 Å². The van der Waals surface area contributed by atoms with Gasteiger partial charge in [0.25, 0.3) is 0 Å². The Bertz CT molecular complexity index is 1320. The Morgan fingerprint density at radius 2 is 0.941 bits per heavy atom. The van der Waals surface area contributed by atoms with E-state index in [4.69, 9.17) is 18.6 Å². The van der Waals surface area contributed by atoms with Crippen molar-refractivity contribution in [1.82, 2.24) is 17.5 Å². The molecule has 0 bridgehead atoms. The van der Waals surface area contributed by atoms with E-state index in [2.05, 4.69) is 17.5 Å². The summed E-state index contributed by atoms with van der Waals surface area (Å²) in [5, 5.41) is -0.0401. The van der Waals surface area contributed by atoms with Crippen LogP contribution >= 0.6 is 23.5 Å². The van der Waals surface area contributed by atoms with Crippen LogP contribution < -0.4 is 10.9 Å². The molecule has 0 aliphatic carbocycles. The maximum Gasteiger partial charge on any atom is 0.499 e. The first kappa shape index (κ1) is 22.6. The summed E-state index contributed by atoms with van der Waals surface area (Å²) in [4.78, 5) is 0. The lowest BCUT2D eigenvalue weighted by Crippen LogP contribution is -2.49. The van der Waals surface area contributed by atoms with Crippen LogP contribution in [0.1, 0.15) is 27.7 Å². The minimum Gasteiger partial charge on any atom is -0.407 e. The molecule has 2 fully saturated rings. The summed E-state index contributed by atoms with van der Waals surface area (Å²) < 4.78 is 73.0. The molecule has 0 atom stereocenters. The molecule has 34 heavy (non-hydrogen) atoms. The summed E-state index contributed by atoms with van der Waals surface area (Å²) in [6, 6.07) is 0. The number of halogens is 2. The molecule has 0 N–H and O–H groups in total. The molecule has 2 saturated heterocycles. The van der Waals surface area contributed by atoms with Gasteiger partial charge in [-0.3, -0.25) is 0 Å². The Labute approximate surface area is 202 Å². The third-order valence-corrected chi connectivity index (χ3v) is 7.15. The molecule has 4 aromatic rings. The van der Waals surface area contributed by atoms with E-state index >= 15 is 8.78 Å². The second-order valence-electron chi connectivity index (χ2n) is 10.4. The molecule has 14 heteroatoms. The van der Waals surface area contributed by atoms with Crippen molar-refractivity contribution in [2.45, 2.75) is 27.7 Å². The van der Waals surface area contributed by atoms with Gasteiger partial charge in [-0.25, -0.2) is 8.78 Å². The standard InChI is InChI=1S/C20H20B2F2N4O4S2/c1-19(2)5-29-21(30-6-19)11-13(23)9-10(15-17(11)27-33-25-15)14(24)12(18-16(9)26-34-28-18)22-31-7-20(3,4)8-32-22/h5-8H2,1-4H3. The molecule has 6 rings (SSSR count). The van der Waals surface area contributed by atoms with E-state index in [-0.39, 0.29) is 54.6 Å². The van der Waals surface area contributed by atoms with Gasteiger partial charge in [-0.1, -0.05) is 27.7 Å².